The third-order valence-electron chi connectivity index (χ3n) is 3.38. The number of amides is 1. The SMILES string of the molecule is Cc1cccc(N)c1C(=O)N1CC(C)OC(C)(C)C1. The van der Waals surface area contributed by atoms with Crippen LogP contribution in [0.2, 0.25) is 0 Å². The Kier molecular flexibility index (Phi) is 3.54. The second-order valence-corrected chi connectivity index (χ2v) is 5.91. The van der Waals surface area contributed by atoms with Crippen molar-refractivity contribution in [2.45, 2.75) is 39.4 Å². The van der Waals surface area contributed by atoms with Crippen LogP contribution in [0.5, 0.6) is 0 Å². The molecule has 1 saturated heterocycles. The number of morpholine rings is 1. The van der Waals surface area contributed by atoms with Gasteiger partial charge in [-0.2, -0.15) is 0 Å². The molecular formula is C15H22N2O2. The molecule has 1 fully saturated rings. The maximum atomic E-state index is 12.7. The smallest absolute Gasteiger partial charge is 0.256 e. The molecule has 0 aromatic heterocycles. The van der Waals surface area contributed by atoms with Gasteiger partial charge in [-0.25, -0.2) is 0 Å². The lowest BCUT2D eigenvalue weighted by Gasteiger charge is -2.42. The Morgan fingerprint density at radius 2 is 2.16 bits per heavy atom. The quantitative estimate of drug-likeness (QED) is 0.789. The van der Waals surface area contributed by atoms with Crippen molar-refractivity contribution >= 4 is 11.6 Å². The summed E-state index contributed by atoms with van der Waals surface area (Å²) in [5, 5.41) is 0. The van der Waals surface area contributed by atoms with Gasteiger partial charge >= 0.3 is 0 Å². The third kappa shape index (κ3) is 2.89. The minimum absolute atomic E-state index is 0.00109. The zero-order chi connectivity index (χ0) is 14.2. The highest BCUT2D eigenvalue weighted by atomic mass is 16.5. The molecule has 104 valence electrons. The molecule has 1 aromatic rings. The van der Waals surface area contributed by atoms with Gasteiger partial charge in [-0.1, -0.05) is 12.1 Å². The van der Waals surface area contributed by atoms with Gasteiger partial charge in [-0.05, 0) is 39.3 Å². The van der Waals surface area contributed by atoms with Crippen molar-refractivity contribution in [3.63, 3.8) is 0 Å². The fraction of sp³-hybridized carbons (Fsp3) is 0.533. The first-order valence-corrected chi connectivity index (χ1v) is 6.62. The molecule has 0 bridgehead atoms. The van der Waals surface area contributed by atoms with E-state index in [9.17, 15) is 4.79 Å². The van der Waals surface area contributed by atoms with E-state index in [2.05, 4.69) is 0 Å². The number of nitrogen functional groups attached to an aromatic ring is 1. The number of rotatable bonds is 1. The van der Waals surface area contributed by atoms with Crippen LogP contribution in [0.3, 0.4) is 0 Å². The van der Waals surface area contributed by atoms with Gasteiger partial charge in [0.1, 0.15) is 0 Å². The van der Waals surface area contributed by atoms with E-state index >= 15 is 0 Å². The van der Waals surface area contributed by atoms with Gasteiger partial charge in [-0.3, -0.25) is 4.79 Å². The molecule has 1 unspecified atom stereocenters. The number of aryl methyl sites for hydroxylation is 1. The highest BCUT2D eigenvalue weighted by molar-refractivity contribution is 6.00. The molecule has 0 aliphatic carbocycles. The molecule has 2 N–H and O–H groups in total. The van der Waals surface area contributed by atoms with Crippen LogP contribution < -0.4 is 5.73 Å². The van der Waals surface area contributed by atoms with Crippen molar-refractivity contribution in [2.75, 3.05) is 18.8 Å². The Hall–Kier alpha value is -1.55. The van der Waals surface area contributed by atoms with Crippen LogP contribution in [0.25, 0.3) is 0 Å². The standard InChI is InChI=1S/C15H22N2O2/c1-10-6-5-7-12(16)13(10)14(18)17-8-11(2)19-15(3,4)9-17/h5-7,11H,8-9,16H2,1-4H3. The second-order valence-electron chi connectivity index (χ2n) is 5.91. The van der Waals surface area contributed by atoms with Gasteiger partial charge in [-0.15, -0.1) is 0 Å². The molecule has 0 spiro atoms. The van der Waals surface area contributed by atoms with Crippen LogP contribution in [0.1, 0.15) is 36.7 Å². The van der Waals surface area contributed by atoms with Gasteiger partial charge in [0.05, 0.1) is 17.3 Å². The second kappa shape index (κ2) is 4.85. The summed E-state index contributed by atoms with van der Waals surface area (Å²) < 4.78 is 5.83. The van der Waals surface area contributed by atoms with Gasteiger partial charge < -0.3 is 15.4 Å². The average molecular weight is 262 g/mol. The normalized spacial score (nSPS) is 22.3. The first-order chi connectivity index (χ1) is 8.80. The Balaban J connectivity index is 2.29. The minimum atomic E-state index is -0.315. The molecule has 4 nitrogen and oxygen atoms in total. The van der Waals surface area contributed by atoms with Crippen molar-refractivity contribution in [3.05, 3.63) is 29.3 Å². The summed E-state index contributed by atoms with van der Waals surface area (Å²) in [6.45, 7) is 9.11. The number of hydrogen-bond acceptors (Lipinski definition) is 3. The summed E-state index contributed by atoms with van der Waals surface area (Å²) >= 11 is 0. The largest absolute Gasteiger partial charge is 0.398 e. The Morgan fingerprint density at radius 1 is 1.47 bits per heavy atom. The number of nitrogens with zero attached hydrogens (tertiary/aromatic N) is 1. The molecule has 1 aromatic carbocycles. The highest BCUT2D eigenvalue weighted by Crippen LogP contribution is 2.25. The molecule has 2 rings (SSSR count). The molecule has 19 heavy (non-hydrogen) atoms. The van der Waals surface area contributed by atoms with Gasteiger partial charge in [0.25, 0.3) is 5.91 Å². The van der Waals surface area contributed by atoms with E-state index in [0.29, 0.717) is 24.3 Å². The van der Waals surface area contributed by atoms with Gasteiger partial charge in [0, 0.05) is 18.8 Å². The highest BCUT2D eigenvalue weighted by Gasteiger charge is 2.34. The van der Waals surface area contributed by atoms with Crippen LogP contribution >= 0.6 is 0 Å². The predicted octanol–water partition coefficient (Wildman–Crippen LogP) is 2.22. The Labute approximate surface area is 114 Å². The molecule has 1 atom stereocenters. The molecule has 1 amide bonds. The number of carbonyl (C=O) groups excluding carboxylic acids is 1. The summed E-state index contributed by atoms with van der Waals surface area (Å²) in [7, 11) is 0. The van der Waals surface area contributed by atoms with E-state index in [1.165, 1.54) is 0 Å². The van der Waals surface area contributed by atoms with Crippen molar-refractivity contribution in [3.8, 4) is 0 Å². The minimum Gasteiger partial charge on any atom is -0.398 e. The lowest BCUT2D eigenvalue weighted by molar-refractivity contribution is -0.118. The van der Waals surface area contributed by atoms with E-state index in [1.54, 1.807) is 6.07 Å². The van der Waals surface area contributed by atoms with E-state index in [0.717, 1.165) is 5.56 Å². The zero-order valence-electron chi connectivity index (χ0n) is 12.1. The molecule has 1 aliphatic rings. The van der Waals surface area contributed by atoms with E-state index < -0.39 is 0 Å². The summed E-state index contributed by atoms with van der Waals surface area (Å²) in [6, 6.07) is 5.56. The lowest BCUT2D eigenvalue weighted by atomic mass is 10.0. The van der Waals surface area contributed by atoms with Crippen LogP contribution in [0.4, 0.5) is 5.69 Å². The van der Waals surface area contributed by atoms with Crippen LogP contribution in [0.15, 0.2) is 18.2 Å². The van der Waals surface area contributed by atoms with Crippen LogP contribution in [-0.2, 0) is 4.74 Å². The van der Waals surface area contributed by atoms with Crippen LogP contribution in [-0.4, -0.2) is 35.6 Å². The average Bonchev–Trinajstić information content (AvgIpc) is 2.25. The Bertz CT molecular complexity index is 477. The maximum absolute atomic E-state index is 12.7. The van der Waals surface area contributed by atoms with E-state index in [-0.39, 0.29) is 17.6 Å². The summed E-state index contributed by atoms with van der Waals surface area (Å²) in [5.74, 6) is -0.00109. The maximum Gasteiger partial charge on any atom is 0.256 e. The first-order valence-electron chi connectivity index (χ1n) is 6.62. The summed E-state index contributed by atoms with van der Waals surface area (Å²) in [4.78, 5) is 14.5. The molecule has 0 radical (unpaired) electrons. The van der Waals surface area contributed by atoms with Crippen molar-refractivity contribution in [2.24, 2.45) is 0 Å². The molecule has 0 saturated carbocycles. The van der Waals surface area contributed by atoms with Gasteiger partial charge in [0.2, 0.25) is 0 Å². The van der Waals surface area contributed by atoms with Crippen molar-refractivity contribution < 1.29 is 9.53 Å². The fourth-order valence-electron chi connectivity index (χ4n) is 2.75. The number of ether oxygens (including phenoxy) is 1. The molecule has 1 aliphatic heterocycles. The number of hydrogen-bond donors (Lipinski definition) is 1. The monoisotopic (exact) mass is 262 g/mol. The predicted molar refractivity (Wildman–Crippen MR) is 76.1 cm³/mol. The number of anilines is 1. The Morgan fingerprint density at radius 3 is 2.74 bits per heavy atom. The number of carbonyl (C=O) groups is 1. The fourth-order valence-corrected chi connectivity index (χ4v) is 2.75. The first kappa shape index (κ1) is 13.9. The molecule has 4 heteroatoms. The number of benzene rings is 1. The van der Waals surface area contributed by atoms with Crippen LogP contribution in [0, 0.1) is 6.92 Å². The van der Waals surface area contributed by atoms with E-state index in [1.807, 2.05) is 44.7 Å². The van der Waals surface area contributed by atoms with Crippen molar-refractivity contribution in [1.82, 2.24) is 4.90 Å². The summed E-state index contributed by atoms with van der Waals surface area (Å²) in [5.41, 5.74) is 7.72. The lowest BCUT2D eigenvalue weighted by Crippen LogP contribution is -2.54. The van der Waals surface area contributed by atoms with Gasteiger partial charge in [0.15, 0.2) is 0 Å². The van der Waals surface area contributed by atoms with Crippen molar-refractivity contribution in [1.29, 1.82) is 0 Å². The molecule has 1 heterocycles. The summed E-state index contributed by atoms with van der Waals surface area (Å²) in [6.07, 6.45) is 0.0398. The molecular weight excluding hydrogens is 240 g/mol. The third-order valence-corrected chi connectivity index (χ3v) is 3.38. The zero-order valence-corrected chi connectivity index (χ0v) is 12.1. The number of nitrogens with two attached hydrogens (primary N) is 1. The topological polar surface area (TPSA) is 55.6 Å². The van der Waals surface area contributed by atoms with E-state index in [4.69, 9.17) is 10.5 Å².